The van der Waals surface area contributed by atoms with Crippen LogP contribution in [0.2, 0.25) is 0 Å². The number of hydrogen-bond donors (Lipinski definition) is 1. The van der Waals surface area contributed by atoms with Crippen molar-refractivity contribution in [3.05, 3.63) is 82.3 Å². The van der Waals surface area contributed by atoms with Crippen LogP contribution in [0.15, 0.2) is 65.5 Å². The molecular formula is C25H24N4O4S. The molecule has 0 saturated carbocycles. The van der Waals surface area contributed by atoms with Gasteiger partial charge in [0.25, 0.3) is 11.5 Å². The van der Waals surface area contributed by atoms with Crippen molar-refractivity contribution in [1.82, 2.24) is 20.1 Å². The highest BCUT2D eigenvalue weighted by Crippen LogP contribution is 2.33. The lowest BCUT2D eigenvalue weighted by atomic mass is 10.2. The van der Waals surface area contributed by atoms with Crippen LogP contribution in [0.5, 0.6) is 11.5 Å². The van der Waals surface area contributed by atoms with Crippen LogP contribution in [0.25, 0.3) is 21.1 Å². The third kappa shape index (κ3) is 5.15. The summed E-state index contributed by atoms with van der Waals surface area (Å²) in [5, 5.41) is 8.23. The lowest BCUT2D eigenvalue weighted by Gasteiger charge is -2.10. The third-order valence-electron chi connectivity index (χ3n) is 5.14. The molecule has 0 aliphatic rings. The highest BCUT2D eigenvalue weighted by molar-refractivity contribution is 7.18. The molecular weight excluding hydrogens is 452 g/mol. The minimum Gasteiger partial charge on any atom is -0.497 e. The van der Waals surface area contributed by atoms with Gasteiger partial charge in [0.2, 0.25) is 0 Å². The fraction of sp³-hybridized carbons (Fsp3) is 0.200. The molecule has 0 aliphatic carbocycles. The Morgan fingerprint density at radius 2 is 1.74 bits per heavy atom. The highest BCUT2D eigenvalue weighted by Gasteiger charge is 2.14. The largest absolute Gasteiger partial charge is 0.497 e. The minimum atomic E-state index is -0.299. The van der Waals surface area contributed by atoms with E-state index in [1.807, 2.05) is 37.3 Å². The molecule has 0 unspecified atom stereocenters. The van der Waals surface area contributed by atoms with E-state index in [4.69, 9.17) is 9.47 Å². The number of ether oxygens (including phenoxy) is 2. The number of amides is 1. The molecule has 0 aliphatic heterocycles. The zero-order valence-electron chi connectivity index (χ0n) is 19.1. The van der Waals surface area contributed by atoms with Gasteiger partial charge < -0.3 is 14.8 Å². The van der Waals surface area contributed by atoms with Crippen LogP contribution in [0, 0.1) is 6.92 Å². The van der Waals surface area contributed by atoms with E-state index >= 15 is 0 Å². The monoisotopic (exact) mass is 476 g/mol. The van der Waals surface area contributed by atoms with Gasteiger partial charge in [-0.1, -0.05) is 30.3 Å². The Morgan fingerprint density at radius 3 is 2.41 bits per heavy atom. The molecule has 1 N–H and O–H groups in total. The van der Waals surface area contributed by atoms with Gasteiger partial charge in [-0.3, -0.25) is 9.59 Å². The van der Waals surface area contributed by atoms with E-state index in [2.05, 4.69) is 15.4 Å². The molecule has 0 radical (unpaired) electrons. The summed E-state index contributed by atoms with van der Waals surface area (Å²) in [6, 6.07) is 18.1. The molecule has 8 nitrogen and oxygen atoms in total. The van der Waals surface area contributed by atoms with Gasteiger partial charge >= 0.3 is 0 Å². The summed E-state index contributed by atoms with van der Waals surface area (Å²) >= 11 is 1.53. The molecule has 34 heavy (non-hydrogen) atoms. The SMILES string of the molecule is COc1cc(OC)cc(C(=O)NCCn2nc(-c3sc(-c4ccccc4)nc3C)ccc2=O)c1. The molecule has 174 valence electrons. The van der Waals surface area contributed by atoms with Crippen LogP contribution in [0.1, 0.15) is 16.1 Å². The van der Waals surface area contributed by atoms with Crippen LogP contribution in [-0.2, 0) is 6.54 Å². The molecule has 4 rings (SSSR count). The number of benzene rings is 2. The van der Waals surface area contributed by atoms with Crippen LogP contribution in [0.3, 0.4) is 0 Å². The number of methoxy groups -OCH3 is 2. The predicted molar refractivity (Wildman–Crippen MR) is 132 cm³/mol. The Kier molecular flexibility index (Phi) is 7.03. The number of thiazole rings is 1. The van der Waals surface area contributed by atoms with Gasteiger partial charge in [0.05, 0.1) is 31.3 Å². The normalized spacial score (nSPS) is 10.7. The summed E-state index contributed by atoms with van der Waals surface area (Å²) in [5.74, 6) is 0.738. The van der Waals surface area contributed by atoms with Crippen molar-refractivity contribution >= 4 is 17.2 Å². The van der Waals surface area contributed by atoms with Gasteiger partial charge in [0.1, 0.15) is 22.2 Å². The summed E-state index contributed by atoms with van der Waals surface area (Å²) in [6.45, 7) is 2.38. The van der Waals surface area contributed by atoms with E-state index in [9.17, 15) is 9.59 Å². The minimum absolute atomic E-state index is 0.225. The molecule has 2 aromatic heterocycles. The molecule has 0 spiro atoms. The van der Waals surface area contributed by atoms with Crippen molar-refractivity contribution in [2.45, 2.75) is 13.5 Å². The summed E-state index contributed by atoms with van der Waals surface area (Å²) in [6.07, 6.45) is 0. The fourth-order valence-electron chi connectivity index (χ4n) is 3.38. The average Bonchev–Trinajstić information content (AvgIpc) is 3.26. The lowest BCUT2D eigenvalue weighted by molar-refractivity contribution is 0.0951. The summed E-state index contributed by atoms with van der Waals surface area (Å²) in [4.78, 5) is 30.5. The van der Waals surface area contributed by atoms with Crippen molar-refractivity contribution in [2.24, 2.45) is 0 Å². The molecule has 1 amide bonds. The second-order valence-corrected chi connectivity index (χ2v) is 8.44. The Hall–Kier alpha value is -3.98. The molecule has 9 heteroatoms. The molecule has 2 aromatic carbocycles. The smallest absolute Gasteiger partial charge is 0.266 e. The molecule has 0 atom stereocenters. The average molecular weight is 477 g/mol. The number of nitrogens with one attached hydrogen (secondary N) is 1. The molecule has 0 saturated heterocycles. The van der Waals surface area contributed by atoms with Crippen molar-refractivity contribution in [2.75, 3.05) is 20.8 Å². The summed E-state index contributed by atoms with van der Waals surface area (Å²) in [5.41, 5.74) is 2.71. The zero-order chi connectivity index (χ0) is 24.1. The fourth-order valence-corrected chi connectivity index (χ4v) is 4.42. The van der Waals surface area contributed by atoms with Crippen molar-refractivity contribution in [3.63, 3.8) is 0 Å². The van der Waals surface area contributed by atoms with Crippen LogP contribution in [-0.4, -0.2) is 41.4 Å². The van der Waals surface area contributed by atoms with E-state index in [0.29, 0.717) is 22.8 Å². The zero-order valence-corrected chi connectivity index (χ0v) is 19.9. The maximum Gasteiger partial charge on any atom is 0.266 e. The summed E-state index contributed by atoms with van der Waals surface area (Å²) in [7, 11) is 3.05. The van der Waals surface area contributed by atoms with Gasteiger partial charge in [-0.2, -0.15) is 5.10 Å². The number of carbonyl (C=O) groups excluding carboxylic acids is 1. The second kappa shape index (κ2) is 10.3. The number of rotatable bonds is 8. The van der Waals surface area contributed by atoms with Gasteiger partial charge in [-0.05, 0) is 25.1 Å². The highest BCUT2D eigenvalue weighted by atomic mass is 32.1. The standard InChI is InChI=1S/C25H24N4O4S/c1-16-23(34-25(27-16)17-7-5-4-6-8-17)21-9-10-22(30)29(28-21)12-11-26-24(31)18-13-19(32-2)15-20(14-18)33-3/h4-10,13-15H,11-12H2,1-3H3,(H,26,31). The van der Waals surface area contributed by atoms with Crippen LogP contribution < -0.4 is 20.3 Å². The van der Waals surface area contributed by atoms with E-state index < -0.39 is 0 Å². The topological polar surface area (TPSA) is 95.3 Å². The van der Waals surface area contributed by atoms with Gasteiger partial charge in [-0.25, -0.2) is 9.67 Å². The van der Waals surface area contributed by atoms with E-state index in [0.717, 1.165) is 21.1 Å². The first-order valence-corrected chi connectivity index (χ1v) is 11.4. The quantitative estimate of drug-likeness (QED) is 0.416. The van der Waals surface area contributed by atoms with E-state index in [1.165, 1.54) is 36.3 Å². The first kappa shape index (κ1) is 23.2. The first-order chi connectivity index (χ1) is 16.5. The first-order valence-electron chi connectivity index (χ1n) is 10.6. The molecule has 0 fully saturated rings. The van der Waals surface area contributed by atoms with E-state index in [1.54, 1.807) is 24.3 Å². The number of nitrogens with zero attached hydrogens (tertiary/aromatic N) is 3. The third-order valence-corrected chi connectivity index (χ3v) is 6.37. The maximum atomic E-state index is 12.6. The van der Waals surface area contributed by atoms with Crippen molar-refractivity contribution < 1.29 is 14.3 Å². The lowest BCUT2D eigenvalue weighted by Crippen LogP contribution is -2.32. The van der Waals surface area contributed by atoms with Crippen LogP contribution >= 0.6 is 11.3 Å². The van der Waals surface area contributed by atoms with E-state index in [-0.39, 0.29) is 24.6 Å². The Balaban J connectivity index is 1.48. The number of aromatic nitrogens is 3. The second-order valence-electron chi connectivity index (χ2n) is 7.44. The Labute approximate surface area is 200 Å². The molecule has 2 heterocycles. The number of aryl methyl sites for hydroxylation is 1. The van der Waals surface area contributed by atoms with Crippen molar-refractivity contribution in [3.8, 4) is 32.6 Å². The number of hydrogen-bond acceptors (Lipinski definition) is 7. The van der Waals surface area contributed by atoms with Crippen LogP contribution in [0.4, 0.5) is 0 Å². The molecule has 4 aromatic rings. The van der Waals surface area contributed by atoms with Gasteiger partial charge in [0.15, 0.2) is 0 Å². The maximum absolute atomic E-state index is 12.6. The Bertz CT molecular complexity index is 1340. The Morgan fingerprint density at radius 1 is 1.03 bits per heavy atom. The molecule has 0 bridgehead atoms. The summed E-state index contributed by atoms with van der Waals surface area (Å²) < 4.78 is 11.8. The predicted octanol–water partition coefficient (Wildman–Crippen LogP) is 3.79. The number of carbonyl (C=O) groups is 1. The van der Waals surface area contributed by atoms with Crippen molar-refractivity contribution in [1.29, 1.82) is 0 Å². The van der Waals surface area contributed by atoms with Gasteiger partial charge in [-0.15, -0.1) is 11.3 Å². The van der Waals surface area contributed by atoms with Gasteiger partial charge in [0, 0.05) is 29.8 Å².